The molecule has 0 saturated heterocycles. The molecule has 0 unspecified atom stereocenters. The number of rotatable bonds is 7. The zero-order valence-corrected chi connectivity index (χ0v) is 19.7. The Labute approximate surface area is 202 Å². The van der Waals surface area contributed by atoms with Crippen molar-refractivity contribution in [2.75, 3.05) is 11.9 Å². The molecule has 1 heterocycles. The van der Waals surface area contributed by atoms with Gasteiger partial charge in [-0.05, 0) is 61.9 Å². The topological polar surface area (TPSA) is 60.5 Å². The molecule has 0 saturated carbocycles. The van der Waals surface area contributed by atoms with E-state index in [1.807, 2.05) is 61.5 Å². The second-order valence-corrected chi connectivity index (χ2v) is 8.18. The number of nitrogens with zero attached hydrogens (tertiary/aromatic N) is 1. The average Bonchev–Trinajstić information content (AvgIpc) is 2.82. The van der Waals surface area contributed by atoms with E-state index in [0.29, 0.717) is 33.7 Å². The van der Waals surface area contributed by atoms with E-state index in [9.17, 15) is 4.79 Å². The van der Waals surface area contributed by atoms with Gasteiger partial charge in [-0.3, -0.25) is 4.98 Å². The highest BCUT2D eigenvalue weighted by Crippen LogP contribution is 2.34. The minimum atomic E-state index is -0.443. The highest BCUT2D eigenvalue weighted by atomic mass is 35.5. The van der Waals surface area contributed by atoms with Crippen LogP contribution in [0.25, 0.3) is 10.9 Å². The fourth-order valence-electron chi connectivity index (χ4n) is 3.44. The molecule has 0 bridgehead atoms. The third kappa shape index (κ3) is 5.05. The van der Waals surface area contributed by atoms with E-state index in [4.69, 9.17) is 32.7 Å². The zero-order chi connectivity index (χ0) is 23.4. The second kappa shape index (κ2) is 10.1. The molecule has 0 aliphatic heterocycles. The number of anilines is 2. The van der Waals surface area contributed by atoms with Crippen LogP contribution in [0.5, 0.6) is 5.75 Å². The third-order valence-corrected chi connectivity index (χ3v) is 5.98. The van der Waals surface area contributed by atoms with Crippen LogP contribution >= 0.6 is 23.2 Å². The zero-order valence-electron chi connectivity index (χ0n) is 18.2. The summed E-state index contributed by atoms with van der Waals surface area (Å²) in [5, 5.41) is 5.41. The van der Waals surface area contributed by atoms with Gasteiger partial charge in [0, 0.05) is 32.9 Å². The lowest BCUT2D eigenvalue weighted by Gasteiger charge is -2.16. The van der Waals surface area contributed by atoms with E-state index in [2.05, 4.69) is 10.3 Å². The second-order valence-electron chi connectivity index (χ2n) is 7.37. The molecule has 0 spiro atoms. The minimum absolute atomic E-state index is 0.271. The molecular weight excluding hydrogens is 459 g/mol. The van der Waals surface area contributed by atoms with Crippen molar-refractivity contribution in [3.63, 3.8) is 0 Å². The largest absolute Gasteiger partial charge is 0.489 e. The van der Waals surface area contributed by atoms with Crippen molar-refractivity contribution in [1.29, 1.82) is 0 Å². The van der Waals surface area contributed by atoms with Gasteiger partial charge in [-0.15, -0.1) is 0 Å². The lowest BCUT2D eigenvalue weighted by Crippen LogP contribution is -2.09. The van der Waals surface area contributed by atoms with Crippen molar-refractivity contribution in [1.82, 2.24) is 4.98 Å². The summed E-state index contributed by atoms with van der Waals surface area (Å²) in [5.41, 5.74) is 4.23. The number of ether oxygens (including phenoxy) is 2. The molecule has 7 heteroatoms. The Kier molecular flexibility index (Phi) is 7.02. The highest BCUT2D eigenvalue weighted by molar-refractivity contribution is 6.32. The molecule has 0 amide bonds. The maximum absolute atomic E-state index is 12.6. The minimum Gasteiger partial charge on any atom is -0.489 e. The number of nitrogens with one attached hydrogen (secondary N) is 1. The Bertz CT molecular complexity index is 1310. The number of aromatic nitrogens is 1. The van der Waals surface area contributed by atoms with Gasteiger partial charge in [-0.25, -0.2) is 4.79 Å². The van der Waals surface area contributed by atoms with Crippen molar-refractivity contribution < 1.29 is 14.3 Å². The Morgan fingerprint density at radius 2 is 1.76 bits per heavy atom. The van der Waals surface area contributed by atoms with E-state index in [-0.39, 0.29) is 6.61 Å². The standard InChI is InChI=1S/C26H22Cl2N2O3/c1-3-32-26(31)21-14-29-24-16(2)22(27)13-12-20(24)25(21)30-18-8-10-19(11-9-18)33-15-17-6-4-5-7-23(17)28/h4-14H,3,15H2,1-2H3,(H,29,30). The first-order chi connectivity index (χ1) is 16.0. The molecule has 0 radical (unpaired) electrons. The number of esters is 1. The summed E-state index contributed by atoms with van der Waals surface area (Å²) in [5.74, 6) is 0.259. The molecule has 0 fully saturated rings. The van der Waals surface area contributed by atoms with Gasteiger partial charge in [-0.1, -0.05) is 41.4 Å². The van der Waals surface area contributed by atoms with Gasteiger partial charge in [-0.2, -0.15) is 0 Å². The number of pyridine rings is 1. The Balaban J connectivity index is 1.62. The first-order valence-electron chi connectivity index (χ1n) is 10.5. The predicted octanol–water partition coefficient (Wildman–Crippen LogP) is 7.35. The van der Waals surface area contributed by atoms with Crippen molar-refractivity contribution in [2.24, 2.45) is 0 Å². The summed E-state index contributed by atoms with van der Waals surface area (Å²) < 4.78 is 11.1. The molecular formula is C26H22Cl2N2O3. The van der Waals surface area contributed by atoms with Crippen LogP contribution in [0.3, 0.4) is 0 Å². The molecule has 1 aromatic heterocycles. The molecule has 33 heavy (non-hydrogen) atoms. The average molecular weight is 481 g/mol. The van der Waals surface area contributed by atoms with Crippen molar-refractivity contribution >= 4 is 51.4 Å². The van der Waals surface area contributed by atoms with Gasteiger partial charge in [0.2, 0.25) is 0 Å². The van der Waals surface area contributed by atoms with Gasteiger partial charge >= 0.3 is 5.97 Å². The van der Waals surface area contributed by atoms with E-state index < -0.39 is 5.97 Å². The lowest BCUT2D eigenvalue weighted by molar-refractivity contribution is 0.0527. The number of benzene rings is 3. The Hall–Kier alpha value is -3.28. The molecule has 168 valence electrons. The number of carbonyl (C=O) groups excluding carboxylic acids is 1. The fraction of sp³-hybridized carbons (Fsp3) is 0.154. The van der Waals surface area contributed by atoms with Crippen LogP contribution in [-0.2, 0) is 11.3 Å². The lowest BCUT2D eigenvalue weighted by atomic mass is 10.1. The van der Waals surface area contributed by atoms with Gasteiger partial charge in [0.25, 0.3) is 0 Å². The van der Waals surface area contributed by atoms with Crippen LogP contribution < -0.4 is 10.1 Å². The summed E-state index contributed by atoms with van der Waals surface area (Å²) in [6.45, 7) is 4.31. The maximum Gasteiger partial charge on any atom is 0.341 e. The summed E-state index contributed by atoms with van der Waals surface area (Å²) in [6.07, 6.45) is 1.52. The fourth-order valence-corrected chi connectivity index (χ4v) is 3.78. The van der Waals surface area contributed by atoms with E-state index in [0.717, 1.165) is 27.7 Å². The number of aryl methyl sites for hydroxylation is 1. The van der Waals surface area contributed by atoms with Crippen LogP contribution in [0.1, 0.15) is 28.4 Å². The third-order valence-electron chi connectivity index (χ3n) is 5.20. The SMILES string of the molecule is CCOC(=O)c1cnc2c(C)c(Cl)ccc2c1Nc1ccc(OCc2ccccc2Cl)cc1. The number of hydrogen-bond donors (Lipinski definition) is 1. The van der Waals surface area contributed by atoms with Gasteiger partial charge in [0.1, 0.15) is 17.9 Å². The smallest absolute Gasteiger partial charge is 0.341 e. The number of hydrogen-bond acceptors (Lipinski definition) is 5. The Morgan fingerprint density at radius 3 is 2.48 bits per heavy atom. The predicted molar refractivity (Wildman–Crippen MR) is 133 cm³/mol. The molecule has 5 nitrogen and oxygen atoms in total. The maximum atomic E-state index is 12.6. The quantitative estimate of drug-likeness (QED) is 0.280. The molecule has 0 atom stereocenters. The monoisotopic (exact) mass is 480 g/mol. The number of fused-ring (bicyclic) bond motifs is 1. The molecule has 1 N–H and O–H groups in total. The van der Waals surface area contributed by atoms with Crippen LogP contribution in [0.15, 0.2) is 66.9 Å². The van der Waals surface area contributed by atoms with Crippen LogP contribution in [0, 0.1) is 6.92 Å². The molecule has 0 aliphatic carbocycles. The van der Waals surface area contributed by atoms with Crippen molar-refractivity contribution in [2.45, 2.75) is 20.5 Å². The first kappa shape index (κ1) is 22.9. The van der Waals surface area contributed by atoms with Crippen molar-refractivity contribution in [3.05, 3.63) is 93.6 Å². The van der Waals surface area contributed by atoms with Gasteiger partial charge in [0.05, 0.1) is 17.8 Å². The van der Waals surface area contributed by atoms with Crippen LogP contribution in [-0.4, -0.2) is 17.6 Å². The summed E-state index contributed by atoms with van der Waals surface area (Å²) in [7, 11) is 0. The van der Waals surface area contributed by atoms with Gasteiger partial charge < -0.3 is 14.8 Å². The highest BCUT2D eigenvalue weighted by Gasteiger charge is 2.18. The van der Waals surface area contributed by atoms with Crippen LogP contribution in [0.4, 0.5) is 11.4 Å². The van der Waals surface area contributed by atoms with E-state index in [1.165, 1.54) is 6.20 Å². The number of carbonyl (C=O) groups is 1. The first-order valence-corrected chi connectivity index (χ1v) is 11.2. The summed E-state index contributed by atoms with van der Waals surface area (Å²) in [4.78, 5) is 17.1. The molecule has 0 aliphatic rings. The normalized spacial score (nSPS) is 10.8. The van der Waals surface area contributed by atoms with E-state index >= 15 is 0 Å². The number of halogens is 2. The van der Waals surface area contributed by atoms with Gasteiger partial charge in [0.15, 0.2) is 0 Å². The molecule has 4 aromatic rings. The summed E-state index contributed by atoms with van der Waals surface area (Å²) in [6, 6.07) is 18.7. The van der Waals surface area contributed by atoms with E-state index in [1.54, 1.807) is 13.0 Å². The summed E-state index contributed by atoms with van der Waals surface area (Å²) >= 11 is 12.5. The van der Waals surface area contributed by atoms with Crippen molar-refractivity contribution in [3.8, 4) is 5.75 Å². The van der Waals surface area contributed by atoms with Crippen LogP contribution in [0.2, 0.25) is 10.0 Å². The Morgan fingerprint density at radius 1 is 1.00 bits per heavy atom. The molecule has 3 aromatic carbocycles. The molecule has 4 rings (SSSR count).